The van der Waals surface area contributed by atoms with Crippen molar-refractivity contribution in [3.05, 3.63) is 52.6 Å². The lowest BCUT2D eigenvalue weighted by Gasteiger charge is -2.25. The molecule has 3 aromatic rings. The number of hydrogen-bond acceptors (Lipinski definition) is 8. The lowest BCUT2D eigenvalue weighted by molar-refractivity contribution is -0.154. The van der Waals surface area contributed by atoms with Gasteiger partial charge in [-0.25, -0.2) is 9.78 Å². The molecular weight excluding hydrogens is 342 g/mol. The molecule has 0 radical (unpaired) electrons. The summed E-state index contributed by atoms with van der Waals surface area (Å²) in [4.78, 5) is 47.2. The molecule has 0 amide bonds. The van der Waals surface area contributed by atoms with E-state index in [4.69, 9.17) is 0 Å². The van der Waals surface area contributed by atoms with Crippen molar-refractivity contribution < 1.29 is 19.4 Å². The summed E-state index contributed by atoms with van der Waals surface area (Å²) in [6.45, 7) is 0. The van der Waals surface area contributed by atoms with Crippen molar-refractivity contribution in [3.63, 3.8) is 0 Å². The van der Waals surface area contributed by atoms with Gasteiger partial charge in [0.1, 0.15) is 0 Å². The van der Waals surface area contributed by atoms with Crippen molar-refractivity contribution in [2.75, 3.05) is 12.4 Å². The molecule has 0 saturated carbocycles. The van der Waals surface area contributed by atoms with E-state index in [0.717, 1.165) is 7.11 Å². The third-order valence-corrected chi connectivity index (χ3v) is 3.72. The number of benzene rings is 1. The summed E-state index contributed by atoms with van der Waals surface area (Å²) >= 11 is 0. The number of aromatic nitrogens is 4. The number of aryl methyl sites for hydroxylation is 1. The fraction of sp³-hybridized carbons (Fsp3) is 0.188. The third kappa shape index (κ3) is 2.82. The number of methoxy groups -OCH3 is 1. The lowest BCUT2D eigenvalue weighted by atomic mass is 10.0. The van der Waals surface area contributed by atoms with E-state index < -0.39 is 23.0 Å². The number of Topliss-reactive ketones (excluding diaryl/α,β-unsaturated/α-hetero) is 1. The van der Waals surface area contributed by atoms with E-state index in [1.54, 1.807) is 25.2 Å². The Morgan fingerprint density at radius 3 is 2.65 bits per heavy atom. The van der Waals surface area contributed by atoms with Crippen LogP contribution in [0, 0.1) is 0 Å². The van der Waals surface area contributed by atoms with Crippen LogP contribution in [0.3, 0.4) is 0 Å². The van der Waals surface area contributed by atoms with E-state index in [-0.39, 0.29) is 22.7 Å². The summed E-state index contributed by atoms with van der Waals surface area (Å²) in [5.41, 5.74) is -3.03. The molecule has 1 atom stereocenters. The number of hydrogen-bond donors (Lipinski definition) is 3. The number of aromatic amines is 1. The van der Waals surface area contributed by atoms with Gasteiger partial charge < -0.3 is 19.7 Å². The van der Waals surface area contributed by atoms with Crippen LogP contribution in [0.4, 0.5) is 5.95 Å². The number of nitrogens with one attached hydrogen (secondary N) is 2. The average molecular weight is 357 g/mol. The normalized spacial score (nSPS) is 13.2. The zero-order valence-corrected chi connectivity index (χ0v) is 13.9. The van der Waals surface area contributed by atoms with Crippen molar-refractivity contribution in [1.82, 2.24) is 19.5 Å². The Balaban J connectivity index is 2.07. The summed E-state index contributed by atoms with van der Waals surface area (Å²) in [6, 6.07) is 7.69. The highest BCUT2D eigenvalue weighted by Gasteiger charge is 2.46. The second-order valence-corrected chi connectivity index (χ2v) is 5.46. The lowest BCUT2D eigenvalue weighted by Crippen LogP contribution is -2.54. The Morgan fingerprint density at radius 1 is 1.31 bits per heavy atom. The molecule has 0 fully saturated rings. The first-order valence-electron chi connectivity index (χ1n) is 7.47. The number of ketones is 1. The van der Waals surface area contributed by atoms with Gasteiger partial charge in [-0.2, -0.15) is 4.98 Å². The number of anilines is 1. The molecule has 10 heteroatoms. The molecule has 3 rings (SSSR count). The van der Waals surface area contributed by atoms with E-state index in [1.165, 1.54) is 23.0 Å². The summed E-state index contributed by atoms with van der Waals surface area (Å²) in [6.07, 6.45) is 1.39. The number of imidazole rings is 1. The minimum Gasteiger partial charge on any atom is -0.465 e. The zero-order chi connectivity index (χ0) is 18.9. The van der Waals surface area contributed by atoms with Crippen molar-refractivity contribution in [2.45, 2.75) is 5.72 Å². The van der Waals surface area contributed by atoms with E-state index in [0.29, 0.717) is 0 Å². The van der Waals surface area contributed by atoms with Crippen molar-refractivity contribution in [3.8, 4) is 0 Å². The van der Waals surface area contributed by atoms with Crippen LogP contribution in [0.15, 0.2) is 41.5 Å². The molecule has 0 aliphatic heterocycles. The van der Waals surface area contributed by atoms with Crippen LogP contribution in [0.5, 0.6) is 0 Å². The monoisotopic (exact) mass is 357 g/mol. The van der Waals surface area contributed by atoms with Gasteiger partial charge in [-0.1, -0.05) is 30.3 Å². The number of fused-ring (bicyclic) bond motifs is 1. The Bertz CT molecular complexity index is 1040. The standard InChI is InChI=1S/C16H15N5O5/c1-21-8-17-10-12(21)18-15(19-13(10)23)20-16(25,14(24)26-2)11(22)9-6-4-3-5-7-9/h3-8,25H,1-2H3,(H2,18,19,20,23). The van der Waals surface area contributed by atoms with Gasteiger partial charge in [0.25, 0.3) is 5.56 Å². The molecule has 0 aliphatic rings. The molecule has 0 bridgehead atoms. The number of aliphatic hydroxyl groups is 1. The summed E-state index contributed by atoms with van der Waals surface area (Å²) in [7, 11) is 2.64. The first kappa shape index (κ1) is 17.3. The number of nitrogens with zero attached hydrogens (tertiary/aromatic N) is 3. The van der Waals surface area contributed by atoms with E-state index in [1.807, 2.05) is 0 Å². The van der Waals surface area contributed by atoms with E-state index in [2.05, 4.69) is 25.0 Å². The SMILES string of the molecule is COC(=O)C(O)(Nc1nc2c(ncn2C)c(=O)[nH]1)C(=O)c1ccccc1. The Labute approximate surface area is 146 Å². The molecule has 3 N–H and O–H groups in total. The fourth-order valence-electron chi connectivity index (χ4n) is 2.39. The van der Waals surface area contributed by atoms with E-state index in [9.17, 15) is 19.5 Å². The molecule has 26 heavy (non-hydrogen) atoms. The van der Waals surface area contributed by atoms with Gasteiger partial charge in [0, 0.05) is 12.6 Å². The van der Waals surface area contributed by atoms with Gasteiger partial charge in [0.2, 0.25) is 11.7 Å². The number of H-pyrrole nitrogens is 1. The molecule has 10 nitrogen and oxygen atoms in total. The predicted octanol–water partition coefficient (Wildman–Crippen LogP) is -0.187. The second kappa shape index (κ2) is 6.41. The first-order valence-corrected chi connectivity index (χ1v) is 7.47. The molecule has 2 aromatic heterocycles. The molecular formula is C16H15N5O5. The van der Waals surface area contributed by atoms with Crippen molar-refractivity contribution in [1.29, 1.82) is 0 Å². The van der Waals surface area contributed by atoms with Crippen molar-refractivity contribution >= 4 is 28.9 Å². The minimum absolute atomic E-state index is 0.0665. The highest BCUT2D eigenvalue weighted by molar-refractivity contribution is 6.16. The quantitative estimate of drug-likeness (QED) is 0.247. The van der Waals surface area contributed by atoms with Gasteiger partial charge in [-0.15, -0.1) is 0 Å². The summed E-state index contributed by atoms with van der Waals surface area (Å²) in [5.74, 6) is -2.50. The average Bonchev–Trinajstić information content (AvgIpc) is 3.02. The zero-order valence-electron chi connectivity index (χ0n) is 13.9. The van der Waals surface area contributed by atoms with Gasteiger partial charge in [-0.05, 0) is 0 Å². The number of carbonyl (C=O) groups excluding carboxylic acids is 2. The van der Waals surface area contributed by atoms with Crippen LogP contribution in [0.25, 0.3) is 11.2 Å². The maximum absolute atomic E-state index is 12.7. The summed E-state index contributed by atoms with van der Waals surface area (Å²) in [5, 5.41) is 13.0. The van der Waals surface area contributed by atoms with Crippen LogP contribution >= 0.6 is 0 Å². The Morgan fingerprint density at radius 2 is 2.00 bits per heavy atom. The maximum Gasteiger partial charge on any atom is 0.368 e. The van der Waals surface area contributed by atoms with Crippen LogP contribution in [0.2, 0.25) is 0 Å². The Hall–Kier alpha value is -3.53. The van der Waals surface area contributed by atoms with Gasteiger partial charge >= 0.3 is 11.7 Å². The largest absolute Gasteiger partial charge is 0.465 e. The fourth-order valence-corrected chi connectivity index (χ4v) is 2.39. The smallest absolute Gasteiger partial charge is 0.368 e. The minimum atomic E-state index is -2.78. The third-order valence-electron chi connectivity index (χ3n) is 3.72. The van der Waals surface area contributed by atoms with Crippen LogP contribution in [-0.2, 0) is 16.6 Å². The van der Waals surface area contributed by atoms with Crippen LogP contribution in [-0.4, -0.2) is 49.2 Å². The number of ether oxygens (including phenoxy) is 1. The molecule has 134 valence electrons. The maximum atomic E-state index is 12.7. The van der Waals surface area contributed by atoms with Gasteiger partial charge in [0.15, 0.2) is 11.2 Å². The van der Waals surface area contributed by atoms with Crippen molar-refractivity contribution in [2.24, 2.45) is 7.05 Å². The highest BCUT2D eigenvalue weighted by Crippen LogP contribution is 2.18. The Kier molecular flexibility index (Phi) is 4.26. The van der Waals surface area contributed by atoms with Gasteiger partial charge in [0.05, 0.1) is 13.4 Å². The predicted molar refractivity (Wildman–Crippen MR) is 90.5 cm³/mol. The molecule has 1 unspecified atom stereocenters. The van der Waals surface area contributed by atoms with Crippen LogP contribution < -0.4 is 10.9 Å². The van der Waals surface area contributed by atoms with Gasteiger partial charge in [-0.3, -0.25) is 14.6 Å². The molecule has 1 aromatic carbocycles. The molecule has 2 heterocycles. The molecule has 0 aliphatic carbocycles. The van der Waals surface area contributed by atoms with E-state index >= 15 is 0 Å². The number of rotatable bonds is 5. The van der Waals surface area contributed by atoms with Crippen LogP contribution in [0.1, 0.15) is 10.4 Å². The first-order chi connectivity index (χ1) is 12.4. The second-order valence-electron chi connectivity index (χ2n) is 5.46. The highest BCUT2D eigenvalue weighted by atomic mass is 16.5. The number of esters is 1. The topological polar surface area (TPSA) is 139 Å². The molecule has 0 spiro atoms. The summed E-state index contributed by atoms with van der Waals surface area (Å²) < 4.78 is 6.03. The number of carbonyl (C=O) groups is 2. The molecule has 0 saturated heterocycles.